The zero-order valence-electron chi connectivity index (χ0n) is 15.7. The molecule has 3 amide bonds. The second-order valence-corrected chi connectivity index (χ2v) is 6.14. The molecule has 0 aromatic heterocycles. The number of halogens is 2. The Balaban J connectivity index is 1.85. The van der Waals surface area contributed by atoms with E-state index in [0.717, 1.165) is 6.07 Å². The highest BCUT2D eigenvalue weighted by atomic mass is 35.5. The smallest absolute Gasteiger partial charge is 0.329 e. The molecule has 8 nitrogen and oxygen atoms in total. The number of hydrogen-bond donors (Lipinski definition) is 3. The van der Waals surface area contributed by atoms with Gasteiger partial charge in [-0.1, -0.05) is 29.8 Å². The molecule has 0 bridgehead atoms. The summed E-state index contributed by atoms with van der Waals surface area (Å²) in [4.78, 5) is 34.9. The van der Waals surface area contributed by atoms with Gasteiger partial charge in [-0.3, -0.25) is 14.4 Å². The minimum Gasteiger partial charge on any atom is -0.484 e. The summed E-state index contributed by atoms with van der Waals surface area (Å²) in [5.74, 6) is -2.43. The van der Waals surface area contributed by atoms with Gasteiger partial charge in [0.15, 0.2) is 6.61 Å². The number of hydrazone groups is 1. The third-order valence-corrected chi connectivity index (χ3v) is 3.71. The van der Waals surface area contributed by atoms with Crippen LogP contribution in [0.1, 0.15) is 5.56 Å². The fraction of sp³-hybridized carbons (Fsp3) is 0.100. The molecular weight excluding hydrogens is 415 g/mol. The van der Waals surface area contributed by atoms with E-state index in [-0.39, 0.29) is 18.2 Å². The highest BCUT2D eigenvalue weighted by Crippen LogP contribution is 2.19. The van der Waals surface area contributed by atoms with Crippen molar-refractivity contribution >= 4 is 41.2 Å². The molecule has 0 aliphatic rings. The number of anilines is 1. The van der Waals surface area contributed by atoms with E-state index in [0.29, 0.717) is 17.0 Å². The van der Waals surface area contributed by atoms with Crippen LogP contribution in [0.2, 0.25) is 5.02 Å². The van der Waals surface area contributed by atoms with Crippen LogP contribution in [-0.2, 0) is 14.4 Å². The highest BCUT2D eigenvalue weighted by molar-refractivity contribution is 6.35. The Bertz CT molecular complexity index is 981. The zero-order valence-corrected chi connectivity index (χ0v) is 16.4. The van der Waals surface area contributed by atoms with Crippen molar-refractivity contribution in [3.8, 4) is 5.75 Å². The van der Waals surface area contributed by atoms with E-state index in [4.69, 9.17) is 16.3 Å². The van der Waals surface area contributed by atoms with Gasteiger partial charge in [0, 0.05) is 12.2 Å². The number of nitrogens with one attached hydrogen (secondary N) is 3. The first kappa shape index (κ1) is 22.6. The molecule has 0 aliphatic heterocycles. The van der Waals surface area contributed by atoms with E-state index in [1.807, 2.05) is 0 Å². The minimum absolute atomic E-state index is 0.106. The molecule has 0 aliphatic carbocycles. The molecule has 0 spiro atoms. The Morgan fingerprint density at radius 1 is 1.17 bits per heavy atom. The van der Waals surface area contributed by atoms with Crippen LogP contribution in [0.3, 0.4) is 0 Å². The highest BCUT2D eigenvalue weighted by Gasteiger charge is 2.10. The SMILES string of the molecule is C=CCNC(=O)C(=O)N/N=C\c1cccc(OCC(=O)Nc2ccc(F)c(Cl)c2)c1. The normalized spacial score (nSPS) is 10.3. The summed E-state index contributed by atoms with van der Waals surface area (Å²) in [6, 6.07) is 10.4. The van der Waals surface area contributed by atoms with E-state index in [9.17, 15) is 18.8 Å². The fourth-order valence-corrected chi connectivity index (χ4v) is 2.25. The number of rotatable bonds is 8. The van der Waals surface area contributed by atoms with Crippen LogP contribution in [0.5, 0.6) is 5.75 Å². The van der Waals surface area contributed by atoms with Gasteiger partial charge in [0.1, 0.15) is 11.6 Å². The average molecular weight is 433 g/mol. The standard InChI is InChI=1S/C20H18ClFN4O4/c1-2-8-23-19(28)20(29)26-24-11-13-4-3-5-15(9-13)30-12-18(27)25-14-6-7-17(22)16(21)10-14/h2-7,9-11H,1,8,12H2,(H,23,28)(H,25,27)(H,26,29)/b24-11-. The monoisotopic (exact) mass is 432 g/mol. The number of carbonyl (C=O) groups is 3. The summed E-state index contributed by atoms with van der Waals surface area (Å²) >= 11 is 5.67. The number of hydrogen-bond acceptors (Lipinski definition) is 5. The van der Waals surface area contributed by atoms with E-state index in [2.05, 4.69) is 27.7 Å². The molecule has 2 aromatic rings. The zero-order chi connectivity index (χ0) is 21.9. The average Bonchev–Trinajstić information content (AvgIpc) is 2.73. The first-order chi connectivity index (χ1) is 14.4. The van der Waals surface area contributed by atoms with Crippen LogP contribution in [0, 0.1) is 5.82 Å². The van der Waals surface area contributed by atoms with Gasteiger partial charge >= 0.3 is 11.8 Å². The van der Waals surface area contributed by atoms with Crippen LogP contribution in [0.4, 0.5) is 10.1 Å². The topological polar surface area (TPSA) is 109 Å². The molecular formula is C20H18ClFN4O4. The molecule has 2 aromatic carbocycles. The number of carbonyl (C=O) groups excluding carboxylic acids is 3. The Hall–Kier alpha value is -3.72. The Morgan fingerprint density at radius 2 is 1.97 bits per heavy atom. The quantitative estimate of drug-likeness (QED) is 0.257. The molecule has 0 saturated carbocycles. The predicted molar refractivity (Wildman–Crippen MR) is 111 cm³/mol. The van der Waals surface area contributed by atoms with E-state index >= 15 is 0 Å². The maximum absolute atomic E-state index is 13.1. The van der Waals surface area contributed by atoms with Crippen molar-refractivity contribution in [1.29, 1.82) is 0 Å². The molecule has 0 heterocycles. The van der Waals surface area contributed by atoms with Crippen molar-refractivity contribution in [1.82, 2.24) is 10.7 Å². The summed E-state index contributed by atoms with van der Waals surface area (Å²) in [5.41, 5.74) is 2.98. The van der Waals surface area contributed by atoms with Crippen molar-refractivity contribution < 1.29 is 23.5 Å². The van der Waals surface area contributed by atoms with Gasteiger partial charge in [-0.2, -0.15) is 5.10 Å². The second-order valence-electron chi connectivity index (χ2n) is 5.74. The minimum atomic E-state index is -0.918. The van der Waals surface area contributed by atoms with Gasteiger partial charge in [0.2, 0.25) is 0 Å². The third kappa shape index (κ3) is 7.36. The molecule has 156 valence electrons. The lowest BCUT2D eigenvalue weighted by Crippen LogP contribution is -2.37. The third-order valence-electron chi connectivity index (χ3n) is 3.42. The molecule has 0 saturated heterocycles. The summed E-state index contributed by atoms with van der Waals surface area (Å²) in [5, 5.41) is 8.43. The second kappa shape index (κ2) is 11.3. The van der Waals surface area contributed by atoms with E-state index in [1.165, 1.54) is 24.4 Å². The molecule has 2 rings (SSSR count). The lowest BCUT2D eigenvalue weighted by molar-refractivity contribution is -0.139. The maximum Gasteiger partial charge on any atom is 0.329 e. The Morgan fingerprint density at radius 3 is 2.70 bits per heavy atom. The molecule has 0 unspecified atom stereocenters. The molecule has 3 N–H and O–H groups in total. The van der Waals surface area contributed by atoms with Crippen LogP contribution < -0.4 is 20.8 Å². The summed E-state index contributed by atoms with van der Waals surface area (Å²) in [6.45, 7) is 3.29. The summed E-state index contributed by atoms with van der Waals surface area (Å²) < 4.78 is 18.5. The van der Waals surface area contributed by atoms with E-state index < -0.39 is 23.5 Å². The van der Waals surface area contributed by atoms with Gasteiger partial charge in [-0.05, 0) is 35.9 Å². The van der Waals surface area contributed by atoms with E-state index in [1.54, 1.807) is 24.3 Å². The lowest BCUT2D eigenvalue weighted by Gasteiger charge is -2.08. The number of benzene rings is 2. The van der Waals surface area contributed by atoms with Crippen LogP contribution in [-0.4, -0.2) is 37.1 Å². The van der Waals surface area contributed by atoms with Gasteiger partial charge in [0.05, 0.1) is 11.2 Å². The van der Waals surface area contributed by atoms with Gasteiger partial charge in [0.25, 0.3) is 5.91 Å². The molecule has 10 heteroatoms. The van der Waals surface area contributed by atoms with Gasteiger partial charge in [-0.25, -0.2) is 9.82 Å². The maximum atomic E-state index is 13.1. The van der Waals surface area contributed by atoms with Crippen molar-refractivity contribution in [2.45, 2.75) is 0 Å². The lowest BCUT2D eigenvalue weighted by atomic mass is 10.2. The number of nitrogens with zero attached hydrogens (tertiary/aromatic N) is 1. The molecule has 30 heavy (non-hydrogen) atoms. The fourth-order valence-electron chi connectivity index (χ4n) is 2.07. The molecule has 0 fully saturated rings. The van der Waals surface area contributed by atoms with Crippen molar-refractivity contribution in [3.63, 3.8) is 0 Å². The molecule has 0 atom stereocenters. The largest absolute Gasteiger partial charge is 0.484 e. The van der Waals surface area contributed by atoms with Crippen molar-refractivity contribution in [2.24, 2.45) is 5.10 Å². The van der Waals surface area contributed by atoms with Crippen molar-refractivity contribution in [2.75, 3.05) is 18.5 Å². The van der Waals surface area contributed by atoms with Gasteiger partial charge in [-0.15, -0.1) is 6.58 Å². The number of ether oxygens (including phenoxy) is 1. The summed E-state index contributed by atoms with van der Waals surface area (Å²) in [6.07, 6.45) is 2.75. The molecule has 0 radical (unpaired) electrons. The Labute approximate surface area is 176 Å². The Kier molecular flexibility index (Phi) is 8.52. The predicted octanol–water partition coefficient (Wildman–Crippen LogP) is 2.25. The van der Waals surface area contributed by atoms with Crippen LogP contribution in [0.25, 0.3) is 0 Å². The first-order valence-electron chi connectivity index (χ1n) is 8.59. The van der Waals surface area contributed by atoms with Crippen molar-refractivity contribution in [3.05, 3.63) is 71.5 Å². The van der Waals surface area contributed by atoms with Crippen LogP contribution >= 0.6 is 11.6 Å². The summed E-state index contributed by atoms with van der Waals surface area (Å²) in [7, 11) is 0. The van der Waals surface area contributed by atoms with Gasteiger partial charge < -0.3 is 15.4 Å². The first-order valence-corrected chi connectivity index (χ1v) is 8.96. The number of amides is 3. The van der Waals surface area contributed by atoms with Crippen LogP contribution in [0.15, 0.2) is 60.2 Å².